The van der Waals surface area contributed by atoms with Crippen LogP contribution in [0.3, 0.4) is 0 Å². The monoisotopic (exact) mass is 278 g/mol. The molecule has 0 atom stereocenters. The lowest BCUT2D eigenvalue weighted by atomic mass is 9.93. The van der Waals surface area contributed by atoms with Crippen molar-refractivity contribution in [2.75, 3.05) is 31.6 Å². The lowest BCUT2D eigenvalue weighted by Gasteiger charge is -2.32. The minimum atomic E-state index is -0.331. The smallest absolute Gasteiger partial charge is 0.311 e. The first-order chi connectivity index (χ1) is 9.61. The molecule has 1 saturated heterocycles. The summed E-state index contributed by atoms with van der Waals surface area (Å²) in [5, 5.41) is 14.3. The van der Waals surface area contributed by atoms with E-state index in [-0.39, 0.29) is 10.6 Å². The van der Waals surface area contributed by atoms with E-state index in [2.05, 4.69) is 10.3 Å². The Morgan fingerprint density at radius 1 is 1.50 bits per heavy atom. The number of nitrogens with one attached hydrogen (secondary N) is 1. The zero-order valence-electron chi connectivity index (χ0n) is 12.1. The fraction of sp³-hybridized carbons (Fsp3) is 0.643. The van der Waals surface area contributed by atoms with Gasteiger partial charge in [-0.2, -0.15) is 0 Å². The van der Waals surface area contributed by atoms with Gasteiger partial charge in [-0.1, -0.05) is 0 Å². The van der Waals surface area contributed by atoms with Crippen LogP contribution in [0, 0.1) is 23.0 Å². The number of aryl methyl sites for hydroxylation is 1. The van der Waals surface area contributed by atoms with Gasteiger partial charge in [0.25, 0.3) is 0 Å². The first-order valence-corrected chi connectivity index (χ1v) is 7.12. The van der Waals surface area contributed by atoms with Crippen molar-refractivity contribution in [3.05, 3.63) is 27.9 Å². The molecule has 0 spiro atoms. The number of piperidine rings is 1. The van der Waals surface area contributed by atoms with Crippen LogP contribution in [0.2, 0.25) is 0 Å². The average molecular weight is 278 g/mol. The van der Waals surface area contributed by atoms with Crippen LogP contribution < -0.4 is 10.2 Å². The second kappa shape index (κ2) is 6.65. The van der Waals surface area contributed by atoms with E-state index in [1.807, 2.05) is 18.9 Å². The van der Waals surface area contributed by atoms with Gasteiger partial charge in [-0.25, -0.2) is 4.98 Å². The predicted molar refractivity (Wildman–Crippen MR) is 79.1 cm³/mol. The van der Waals surface area contributed by atoms with Crippen molar-refractivity contribution in [2.24, 2.45) is 5.92 Å². The molecule has 6 nitrogen and oxygen atoms in total. The maximum atomic E-state index is 11.2. The van der Waals surface area contributed by atoms with Crippen molar-refractivity contribution >= 4 is 11.5 Å². The van der Waals surface area contributed by atoms with Crippen LogP contribution in [0.15, 0.2) is 12.3 Å². The molecule has 20 heavy (non-hydrogen) atoms. The molecule has 1 N–H and O–H groups in total. The molecule has 0 amide bonds. The summed E-state index contributed by atoms with van der Waals surface area (Å²) in [6.45, 7) is 4.57. The van der Waals surface area contributed by atoms with Gasteiger partial charge in [0.1, 0.15) is 0 Å². The number of pyridine rings is 1. The largest absolute Gasteiger partial charge is 0.351 e. The lowest BCUT2D eigenvalue weighted by Crippen LogP contribution is -2.35. The van der Waals surface area contributed by atoms with E-state index in [9.17, 15) is 10.1 Å². The standard InChI is InChI=1S/C14H22N4O2/c1-11-9-13(18(19)20)14(16-10-11)17-7-4-12(5-8-17)3-6-15-2/h9-10,12,15H,3-8H2,1-2H3. The number of nitrogens with zero attached hydrogens (tertiary/aromatic N) is 3. The van der Waals surface area contributed by atoms with Crippen LogP contribution in [0.25, 0.3) is 0 Å². The highest BCUT2D eigenvalue weighted by atomic mass is 16.6. The van der Waals surface area contributed by atoms with Gasteiger partial charge >= 0.3 is 5.69 Å². The van der Waals surface area contributed by atoms with E-state index in [4.69, 9.17) is 0 Å². The molecule has 0 radical (unpaired) electrons. The molecule has 1 fully saturated rings. The molecule has 6 heteroatoms. The van der Waals surface area contributed by atoms with Gasteiger partial charge in [-0.3, -0.25) is 10.1 Å². The molecule has 1 aromatic heterocycles. The minimum Gasteiger partial charge on any atom is -0.351 e. The Hall–Kier alpha value is -1.69. The van der Waals surface area contributed by atoms with E-state index in [1.54, 1.807) is 12.3 Å². The van der Waals surface area contributed by atoms with Crippen LogP contribution in [0.5, 0.6) is 0 Å². The SMILES string of the molecule is CNCCC1CCN(c2ncc(C)cc2[N+](=O)[O-])CC1. The normalized spacial score (nSPS) is 16.4. The van der Waals surface area contributed by atoms with Crippen LogP contribution in [-0.2, 0) is 0 Å². The Balaban J connectivity index is 2.05. The molecule has 2 heterocycles. The Labute approximate surface area is 119 Å². The summed E-state index contributed by atoms with van der Waals surface area (Å²) >= 11 is 0. The number of hydrogen-bond acceptors (Lipinski definition) is 5. The van der Waals surface area contributed by atoms with Gasteiger partial charge in [0, 0.05) is 25.4 Å². The Morgan fingerprint density at radius 2 is 2.20 bits per heavy atom. The van der Waals surface area contributed by atoms with E-state index in [1.165, 1.54) is 6.42 Å². The summed E-state index contributed by atoms with van der Waals surface area (Å²) in [5.41, 5.74) is 0.947. The predicted octanol–water partition coefficient (Wildman–Crippen LogP) is 2.12. The molecule has 0 unspecified atom stereocenters. The van der Waals surface area contributed by atoms with Crippen molar-refractivity contribution in [3.8, 4) is 0 Å². The van der Waals surface area contributed by atoms with Crippen molar-refractivity contribution in [3.63, 3.8) is 0 Å². The summed E-state index contributed by atoms with van der Waals surface area (Å²) in [7, 11) is 1.97. The molecule has 110 valence electrons. The third-order valence-corrected chi connectivity index (χ3v) is 3.90. The summed E-state index contributed by atoms with van der Waals surface area (Å²) < 4.78 is 0. The molecule has 2 rings (SSSR count). The second-order valence-electron chi connectivity index (χ2n) is 5.44. The maximum Gasteiger partial charge on any atom is 0.311 e. The molecule has 1 aliphatic heterocycles. The first kappa shape index (κ1) is 14.7. The number of aromatic nitrogens is 1. The summed E-state index contributed by atoms with van der Waals surface area (Å²) in [6.07, 6.45) is 5.03. The quantitative estimate of drug-likeness (QED) is 0.660. The Bertz CT molecular complexity index is 470. The van der Waals surface area contributed by atoms with Crippen molar-refractivity contribution < 1.29 is 4.92 Å². The van der Waals surface area contributed by atoms with Gasteiger partial charge < -0.3 is 10.2 Å². The molecule has 0 saturated carbocycles. The average Bonchev–Trinajstić information content (AvgIpc) is 2.45. The highest BCUT2D eigenvalue weighted by Gasteiger charge is 2.25. The number of anilines is 1. The fourth-order valence-electron chi connectivity index (χ4n) is 2.71. The topological polar surface area (TPSA) is 71.3 Å². The Kier molecular flexibility index (Phi) is 4.89. The van der Waals surface area contributed by atoms with Crippen molar-refractivity contribution in [1.29, 1.82) is 0 Å². The van der Waals surface area contributed by atoms with Crippen LogP contribution >= 0.6 is 0 Å². The second-order valence-corrected chi connectivity index (χ2v) is 5.44. The fourth-order valence-corrected chi connectivity index (χ4v) is 2.71. The third kappa shape index (κ3) is 3.45. The lowest BCUT2D eigenvalue weighted by molar-refractivity contribution is -0.384. The first-order valence-electron chi connectivity index (χ1n) is 7.12. The van der Waals surface area contributed by atoms with Crippen molar-refractivity contribution in [1.82, 2.24) is 10.3 Å². The van der Waals surface area contributed by atoms with Gasteiger partial charge in [0.05, 0.1) is 4.92 Å². The third-order valence-electron chi connectivity index (χ3n) is 3.90. The summed E-state index contributed by atoms with van der Waals surface area (Å²) in [5.74, 6) is 1.23. The molecule has 1 aliphatic rings. The van der Waals surface area contributed by atoms with Gasteiger partial charge in [-0.15, -0.1) is 0 Å². The molecule has 0 bridgehead atoms. The highest BCUT2D eigenvalue weighted by molar-refractivity contribution is 5.58. The van der Waals surface area contributed by atoms with Crippen LogP contribution in [0.1, 0.15) is 24.8 Å². The molecule has 0 aliphatic carbocycles. The molecular weight excluding hydrogens is 256 g/mol. The van der Waals surface area contributed by atoms with Crippen molar-refractivity contribution in [2.45, 2.75) is 26.2 Å². The van der Waals surface area contributed by atoms with Gasteiger partial charge in [0.15, 0.2) is 0 Å². The van der Waals surface area contributed by atoms with E-state index >= 15 is 0 Å². The van der Waals surface area contributed by atoms with Gasteiger partial charge in [0.2, 0.25) is 5.82 Å². The Morgan fingerprint density at radius 3 is 2.80 bits per heavy atom. The summed E-state index contributed by atoms with van der Waals surface area (Å²) in [4.78, 5) is 17.2. The van der Waals surface area contributed by atoms with E-state index in [0.29, 0.717) is 11.7 Å². The van der Waals surface area contributed by atoms with Crippen LogP contribution in [-0.4, -0.2) is 36.6 Å². The highest BCUT2D eigenvalue weighted by Crippen LogP contribution is 2.30. The van der Waals surface area contributed by atoms with E-state index in [0.717, 1.165) is 38.0 Å². The maximum absolute atomic E-state index is 11.2. The van der Waals surface area contributed by atoms with Crippen LogP contribution in [0.4, 0.5) is 11.5 Å². The molecular formula is C14H22N4O2. The van der Waals surface area contributed by atoms with E-state index < -0.39 is 0 Å². The van der Waals surface area contributed by atoms with Gasteiger partial charge in [-0.05, 0) is 51.3 Å². The number of nitro groups is 1. The number of rotatable bonds is 5. The summed E-state index contributed by atoms with van der Waals surface area (Å²) in [6, 6.07) is 1.61. The zero-order chi connectivity index (χ0) is 14.5. The number of hydrogen-bond donors (Lipinski definition) is 1. The molecule has 1 aromatic rings. The zero-order valence-corrected chi connectivity index (χ0v) is 12.1. The minimum absolute atomic E-state index is 0.124. The molecule has 0 aromatic carbocycles.